The molecule has 0 bridgehead atoms. The van der Waals surface area contributed by atoms with E-state index in [1.807, 2.05) is 6.07 Å². The molecule has 118 valence electrons. The number of hydrogen-bond donors (Lipinski definition) is 1. The quantitative estimate of drug-likeness (QED) is 0.929. The number of carbonyl (C=O) groups is 1. The molecule has 3 fully saturated rings. The summed E-state index contributed by atoms with van der Waals surface area (Å²) in [7, 11) is 0. The second kappa shape index (κ2) is 5.52. The van der Waals surface area contributed by atoms with Gasteiger partial charge in [0.05, 0.1) is 5.92 Å². The van der Waals surface area contributed by atoms with E-state index >= 15 is 0 Å². The fourth-order valence-electron chi connectivity index (χ4n) is 4.45. The molecule has 0 aromatic carbocycles. The average molecular weight is 300 g/mol. The Hall–Kier alpha value is -1.65. The van der Waals surface area contributed by atoms with Crippen molar-refractivity contribution in [3.63, 3.8) is 0 Å². The Morgan fingerprint density at radius 3 is 2.55 bits per heavy atom. The average Bonchev–Trinajstić information content (AvgIpc) is 3.14. The van der Waals surface area contributed by atoms with Gasteiger partial charge in [-0.3, -0.25) is 4.79 Å². The number of anilines is 1. The summed E-state index contributed by atoms with van der Waals surface area (Å²) in [5.41, 5.74) is 0.169. The normalized spacial score (nSPS) is 27.1. The van der Waals surface area contributed by atoms with Crippen molar-refractivity contribution >= 4 is 11.9 Å². The molecule has 1 aliphatic heterocycles. The lowest BCUT2D eigenvalue weighted by atomic mass is 9.62. The van der Waals surface area contributed by atoms with E-state index in [9.17, 15) is 4.79 Å². The Morgan fingerprint density at radius 2 is 1.91 bits per heavy atom. The van der Waals surface area contributed by atoms with Gasteiger partial charge in [0.2, 0.25) is 11.9 Å². The molecular formula is C17H24N4O. The molecule has 5 nitrogen and oxygen atoms in total. The van der Waals surface area contributed by atoms with E-state index in [2.05, 4.69) is 20.2 Å². The number of aromatic nitrogens is 2. The third-order valence-electron chi connectivity index (χ3n) is 5.85. The highest BCUT2D eigenvalue weighted by Gasteiger charge is 2.54. The summed E-state index contributed by atoms with van der Waals surface area (Å²) in [6.07, 6.45) is 11.9. The van der Waals surface area contributed by atoms with Gasteiger partial charge in [-0.05, 0) is 31.7 Å². The van der Waals surface area contributed by atoms with Gasteiger partial charge in [0.15, 0.2) is 0 Å². The summed E-state index contributed by atoms with van der Waals surface area (Å²) < 4.78 is 0. The molecule has 5 heteroatoms. The van der Waals surface area contributed by atoms with Crippen LogP contribution in [0.5, 0.6) is 0 Å². The Morgan fingerprint density at radius 1 is 1.18 bits per heavy atom. The predicted octanol–water partition coefficient (Wildman–Crippen LogP) is 2.14. The number of amides is 1. The lowest BCUT2D eigenvalue weighted by Gasteiger charge is -2.42. The molecule has 2 heterocycles. The number of hydrogen-bond acceptors (Lipinski definition) is 4. The molecule has 0 radical (unpaired) electrons. The molecular weight excluding hydrogens is 276 g/mol. The predicted molar refractivity (Wildman–Crippen MR) is 84.4 cm³/mol. The first-order valence-corrected chi connectivity index (χ1v) is 8.59. The standard InChI is InChI=1S/C17H24N4O/c22-15(20-13-5-1-2-6-13)14-11-21(12-17(14)7-3-8-17)16-18-9-4-10-19-16/h4,9-10,13-14H,1-3,5-8,11-12H2,(H,20,22). The van der Waals surface area contributed by atoms with Crippen LogP contribution in [0.4, 0.5) is 5.95 Å². The number of carbonyl (C=O) groups excluding carboxylic acids is 1. The van der Waals surface area contributed by atoms with Crippen LogP contribution in [0.15, 0.2) is 18.5 Å². The van der Waals surface area contributed by atoms with Crippen LogP contribution < -0.4 is 10.2 Å². The zero-order chi connectivity index (χ0) is 15.0. The molecule has 2 saturated carbocycles. The van der Waals surface area contributed by atoms with Gasteiger partial charge >= 0.3 is 0 Å². The van der Waals surface area contributed by atoms with Crippen molar-refractivity contribution in [1.82, 2.24) is 15.3 Å². The largest absolute Gasteiger partial charge is 0.353 e. The van der Waals surface area contributed by atoms with Crippen LogP contribution in [-0.4, -0.2) is 35.0 Å². The van der Waals surface area contributed by atoms with Crippen molar-refractivity contribution in [2.24, 2.45) is 11.3 Å². The van der Waals surface area contributed by atoms with Gasteiger partial charge in [0.25, 0.3) is 0 Å². The molecule has 1 aromatic heterocycles. The van der Waals surface area contributed by atoms with Gasteiger partial charge in [-0.2, -0.15) is 0 Å². The van der Waals surface area contributed by atoms with Gasteiger partial charge in [0.1, 0.15) is 0 Å². The van der Waals surface area contributed by atoms with Crippen LogP contribution >= 0.6 is 0 Å². The molecule has 3 aliphatic rings. The van der Waals surface area contributed by atoms with Crippen molar-refractivity contribution < 1.29 is 4.79 Å². The van der Waals surface area contributed by atoms with E-state index in [4.69, 9.17) is 0 Å². The van der Waals surface area contributed by atoms with E-state index in [1.165, 1.54) is 32.1 Å². The second-order valence-corrected chi connectivity index (χ2v) is 7.19. The third-order valence-corrected chi connectivity index (χ3v) is 5.85. The summed E-state index contributed by atoms with van der Waals surface area (Å²) >= 11 is 0. The molecule has 1 atom stereocenters. The van der Waals surface area contributed by atoms with Crippen LogP contribution in [0, 0.1) is 11.3 Å². The first-order valence-electron chi connectivity index (χ1n) is 8.59. The van der Waals surface area contributed by atoms with Gasteiger partial charge in [0, 0.05) is 36.9 Å². The first kappa shape index (κ1) is 14.0. The maximum Gasteiger partial charge on any atom is 0.225 e. The monoisotopic (exact) mass is 300 g/mol. The van der Waals surface area contributed by atoms with Crippen molar-refractivity contribution in [3.8, 4) is 0 Å². The lowest BCUT2D eigenvalue weighted by molar-refractivity contribution is -0.130. The zero-order valence-electron chi connectivity index (χ0n) is 13.0. The summed E-state index contributed by atoms with van der Waals surface area (Å²) in [4.78, 5) is 23.7. The molecule has 1 aromatic rings. The highest BCUT2D eigenvalue weighted by atomic mass is 16.2. The van der Waals surface area contributed by atoms with Crippen molar-refractivity contribution in [2.45, 2.75) is 51.0 Å². The molecule has 22 heavy (non-hydrogen) atoms. The zero-order valence-corrected chi connectivity index (χ0v) is 13.0. The molecule has 1 amide bonds. The fourth-order valence-corrected chi connectivity index (χ4v) is 4.45. The van der Waals surface area contributed by atoms with Crippen LogP contribution in [-0.2, 0) is 4.79 Å². The summed E-state index contributed by atoms with van der Waals surface area (Å²) in [5, 5.41) is 3.31. The molecule has 1 saturated heterocycles. The maximum atomic E-state index is 12.8. The van der Waals surface area contributed by atoms with Gasteiger partial charge in [-0.15, -0.1) is 0 Å². The summed E-state index contributed by atoms with van der Waals surface area (Å²) in [6, 6.07) is 2.25. The smallest absolute Gasteiger partial charge is 0.225 e. The minimum absolute atomic E-state index is 0.102. The summed E-state index contributed by atoms with van der Waals surface area (Å²) in [6.45, 7) is 1.70. The van der Waals surface area contributed by atoms with E-state index in [0.29, 0.717) is 6.04 Å². The third kappa shape index (κ3) is 2.36. The molecule has 4 rings (SSSR count). The first-order chi connectivity index (χ1) is 10.8. The molecule has 1 unspecified atom stereocenters. The number of nitrogens with zero attached hydrogens (tertiary/aromatic N) is 3. The van der Waals surface area contributed by atoms with Crippen molar-refractivity contribution in [3.05, 3.63) is 18.5 Å². The molecule has 1 spiro atoms. The minimum Gasteiger partial charge on any atom is -0.353 e. The topological polar surface area (TPSA) is 58.1 Å². The highest BCUT2D eigenvalue weighted by molar-refractivity contribution is 5.81. The van der Waals surface area contributed by atoms with E-state index in [0.717, 1.165) is 31.9 Å². The van der Waals surface area contributed by atoms with Gasteiger partial charge < -0.3 is 10.2 Å². The van der Waals surface area contributed by atoms with Gasteiger partial charge in [-0.25, -0.2) is 9.97 Å². The van der Waals surface area contributed by atoms with E-state index < -0.39 is 0 Å². The Bertz CT molecular complexity index is 537. The second-order valence-electron chi connectivity index (χ2n) is 7.19. The minimum atomic E-state index is 0.102. The van der Waals surface area contributed by atoms with Crippen molar-refractivity contribution in [2.75, 3.05) is 18.0 Å². The van der Waals surface area contributed by atoms with Gasteiger partial charge in [-0.1, -0.05) is 19.3 Å². The fraction of sp³-hybridized carbons (Fsp3) is 0.706. The number of nitrogens with one attached hydrogen (secondary N) is 1. The summed E-state index contributed by atoms with van der Waals surface area (Å²) in [5.74, 6) is 1.14. The van der Waals surface area contributed by atoms with Crippen LogP contribution in [0.25, 0.3) is 0 Å². The van der Waals surface area contributed by atoms with E-state index in [1.54, 1.807) is 12.4 Å². The van der Waals surface area contributed by atoms with Crippen molar-refractivity contribution in [1.29, 1.82) is 0 Å². The Kier molecular flexibility index (Phi) is 3.51. The molecule has 2 aliphatic carbocycles. The van der Waals surface area contributed by atoms with Crippen LogP contribution in [0.1, 0.15) is 44.9 Å². The highest BCUT2D eigenvalue weighted by Crippen LogP contribution is 2.52. The lowest BCUT2D eigenvalue weighted by Crippen LogP contribution is -2.47. The molecule has 1 N–H and O–H groups in total. The van der Waals surface area contributed by atoms with E-state index in [-0.39, 0.29) is 17.2 Å². The Balaban J connectivity index is 1.49. The SMILES string of the molecule is O=C(NC1CCCC1)C1CN(c2ncccn2)CC12CCC2. The number of rotatable bonds is 3. The maximum absolute atomic E-state index is 12.8. The Labute approximate surface area is 131 Å². The van der Waals surface area contributed by atoms with Crippen LogP contribution in [0.2, 0.25) is 0 Å². The van der Waals surface area contributed by atoms with Crippen LogP contribution in [0.3, 0.4) is 0 Å².